The minimum absolute atomic E-state index is 0.133. The van der Waals surface area contributed by atoms with Gasteiger partial charge < -0.3 is 15.5 Å². The Morgan fingerprint density at radius 2 is 2.21 bits per heavy atom. The topological polar surface area (TPSA) is 69.6 Å². The summed E-state index contributed by atoms with van der Waals surface area (Å²) < 4.78 is 0. The summed E-state index contributed by atoms with van der Waals surface area (Å²) in [6.45, 7) is 3.72. The highest BCUT2D eigenvalue weighted by Crippen LogP contribution is 2.17. The van der Waals surface area contributed by atoms with E-state index in [1.165, 1.54) is 0 Å². The van der Waals surface area contributed by atoms with E-state index in [2.05, 4.69) is 5.32 Å². The van der Waals surface area contributed by atoms with Gasteiger partial charge in [0.15, 0.2) is 0 Å². The molecule has 0 bridgehead atoms. The average Bonchev–Trinajstić information content (AvgIpc) is 2.16. The monoisotopic (exact) mass is 221 g/mol. The zero-order valence-electron chi connectivity index (χ0n) is 8.91. The van der Waals surface area contributed by atoms with Crippen LogP contribution in [0.2, 0.25) is 0 Å². The molecule has 0 rings (SSSR count). The van der Waals surface area contributed by atoms with Crippen LogP contribution >= 0.6 is 11.8 Å². The number of carbonyl (C=O) groups is 1. The van der Waals surface area contributed by atoms with Crippen LogP contribution in [0.15, 0.2) is 0 Å². The predicted octanol–water partition coefficient (Wildman–Crippen LogP) is 0.553. The first kappa shape index (κ1) is 13.7. The number of aliphatic carboxylic acids is 1. The molecule has 0 fully saturated rings. The fourth-order valence-corrected chi connectivity index (χ4v) is 1.89. The van der Waals surface area contributed by atoms with Gasteiger partial charge in [-0.3, -0.25) is 4.79 Å². The molecule has 2 unspecified atom stereocenters. The largest absolute Gasteiger partial charge is 0.480 e. The summed E-state index contributed by atoms with van der Waals surface area (Å²) in [7, 11) is 1.65. The molecular weight excluding hydrogens is 202 g/mol. The summed E-state index contributed by atoms with van der Waals surface area (Å²) >= 11 is 1.58. The van der Waals surface area contributed by atoms with Gasteiger partial charge in [-0.1, -0.05) is 6.92 Å². The first-order chi connectivity index (χ1) is 6.46. The van der Waals surface area contributed by atoms with Crippen molar-refractivity contribution in [3.8, 4) is 0 Å². The second kappa shape index (κ2) is 6.27. The number of carboxylic acid groups (broad SMARTS) is 1. The zero-order chi connectivity index (χ0) is 11.2. The number of nitrogens with one attached hydrogen (secondary N) is 1. The molecule has 0 aliphatic rings. The molecule has 0 aromatic rings. The van der Waals surface area contributed by atoms with Gasteiger partial charge in [-0.25, -0.2) is 0 Å². The van der Waals surface area contributed by atoms with Crippen LogP contribution in [0.5, 0.6) is 0 Å². The van der Waals surface area contributed by atoms with Crippen LogP contribution in [0, 0.1) is 0 Å². The van der Waals surface area contributed by atoms with Crippen molar-refractivity contribution in [1.82, 2.24) is 5.32 Å². The zero-order valence-corrected chi connectivity index (χ0v) is 9.73. The highest BCUT2D eigenvalue weighted by Gasteiger charge is 2.30. The lowest BCUT2D eigenvalue weighted by atomic mass is 10.00. The third-order valence-electron chi connectivity index (χ3n) is 2.29. The maximum absolute atomic E-state index is 10.9. The lowest BCUT2D eigenvalue weighted by molar-refractivity contribution is -0.144. The number of hydrogen-bond acceptors (Lipinski definition) is 4. The predicted molar refractivity (Wildman–Crippen MR) is 58.7 cm³/mol. The third kappa shape index (κ3) is 4.30. The molecule has 0 radical (unpaired) electrons. The number of likely N-dealkylation sites (N-methyl/N-ethyl adjacent to an activating group) is 1. The lowest BCUT2D eigenvalue weighted by Crippen LogP contribution is -2.48. The summed E-state index contributed by atoms with van der Waals surface area (Å²) in [5, 5.41) is 20.7. The van der Waals surface area contributed by atoms with Gasteiger partial charge in [0.25, 0.3) is 0 Å². The van der Waals surface area contributed by atoms with Crippen molar-refractivity contribution in [3.05, 3.63) is 0 Å². The number of aliphatic hydroxyl groups is 1. The van der Waals surface area contributed by atoms with Crippen LogP contribution in [0.3, 0.4) is 0 Å². The first-order valence-electron chi connectivity index (χ1n) is 4.61. The molecule has 0 saturated carbocycles. The second-order valence-corrected chi connectivity index (χ2v) is 5.05. The Balaban J connectivity index is 3.90. The van der Waals surface area contributed by atoms with Crippen molar-refractivity contribution in [2.24, 2.45) is 0 Å². The van der Waals surface area contributed by atoms with Gasteiger partial charge in [0.2, 0.25) is 0 Å². The Morgan fingerprint density at radius 1 is 1.64 bits per heavy atom. The molecule has 4 nitrogen and oxygen atoms in total. The van der Waals surface area contributed by atoms with Crippen LogP contribution in [-0.4, -0.2) is 46.4 Å². The number of aliphatic hydroxyl groups excluding tert-OH is 1. The Kier molecular flexibility index (Phi) is 6.15. The minimum Gasteiger partial charge on any atom is -0.480 e. The van der Waals surface area contributed by atoms with Gasteiger partial charge in [-0.15, -0.1) is 0 Å². The van der Waals surface area contributed by atoms with E-state index in [4.69, 9.17) is 10.2 Å². The molecule has 0 aliphatic heterocycles. The summed E-state index contributed by atoms with van der Waals surface area (Å²) in [5.41, 5.74) is -0.859. The fourth-order valence-electron chi connectivity index (χ4n) is 0.856. The molecule has 0 amide bonds. The van der Waals surface area contributed by atoms with Crippen LogP contribution < -0.4 is 5.32 Å². The normalized spacial score (nSPS) is 17.4. The second-order valence-electron chi connectivity index (χ2n) is 3.50. The molecule has 5 heteroatoms. The minimum atomic E-state index is -0.859. The summed E-state index contributed by atoms with van der Waals surface area (Å²) in [6, 6.07) is 0. The fraction of sp³-hybridized carbons (Fsp3) is 0.889. The molecule has 0 aromatic carbocycles. The van der Waals surface area contributed by atoms with Gasteiger partial charge in [0.1, 0.15) is 5.54 Å². The number of carboxylic acids is 1. The summed E-state index contributed by atoms with van der Waals surface area (Å²) in [4.78, 5) is 10.9. The maximum Gasteiger partial charge on any atom is 0.323 e. The number of rotatable bonds is 7. The molecule has 2 atom stereocenters. The van der Waals surface area contributed by atoms with Gasteiger partial charge >= 0.3 is 5.97 Å². The Bertz CT molecular complexity index is 189. The Labute approximate surface area is 89.1 Å². The van der Waals surface area contributed by atoms with E-state index in [-0.39, 0.29) is 11.9 Å². The van der Waals surface area contributed by atoms with Crippen molar-refractivity contribution in [2.75, 3.05) is 19.4 Å². The highest BCUT2D eigenvalue weighted by molar-refractivity contribution is 7.99. The molecule has 3 N–H and O–H groups in total. The quantitative estimate of drug-likeness (QED) is 0.586. The molecule has 0 heterocycles. The molecule has 0 aromatic heterocycles. The van der Waals surface area contributed by atoms with Crippen molar-refractivity contribution in [1.29, 1.82) is 0 Å². The van der Waals surface area contributed by atoms with Gasteiger partial charge in [-0.2, -0.15) is 11.8 Å². The summed E-state index contributed by atoms with van der Waals surface area (Å²) in [5.74, 6) is -0.108. The smallest absolute Gasteiger partial charge is 0.323 e. The molecule has 0 aliphatic carbocycles. The van der Waals surface area contributed by atoms with Crippen molar-refractivity contribution >= 4 is 17.7 Å². The van der Waals surface area contributed by atoms with Gasteiger partial charge in [0.05, 0.1) is 6.61 Å². The van der Waals surface area contributed by atoms with E-state index in [1.807, 2.05) is 6.92 Å². The highest BCUT2D eigenvalue weighted by atomic mass is 32.2. The molecule has 0 spiro atoms. The van der Waals surface area contributed by atoms with E-state index >= 15 is 0 Å². The Hall–Kier alpha value is -0.260. The average molecular weight is 221 g/mol. The van der Waals surface area contributed by atoms with Gasteiger partial charge in [0, 0.05) is 5.25 Å². The number of thioether (sulfide) groups is 1. The third-order valence-corrected chi connectivity index (χ3v) is 3.44. The molecule has 84 valence electrons. The first-order valence-corrected chi connectivity index (χ1v) is 5.66. The van der Waals surface area contributed by atoms with Crippen LogP contribution in [0.25, 0.3) is 0 Å². The van der Waals surface area contributed by atoms with Gasteiger partial charge in [-0.05, 0) is 26.1 Å². The lowest BCUT2D eigenvalue weighted by Gasteiger charge is -2.24. The Morgan fingerprint density at radius 3 is 2.57 bits per heavy atom. The van der Waals surface area contributed by atoms with Crippen LogP contribution in [0.4, 0.5) is 0 Å². The SMILES string of the molecule is CNC(C)(CCSC(C)CO)C(=O)O. The molecule has 0 saturated heterocycles. The number of hydrogen-bond donors (Lipinski definition) is 3. The van der Waals surface area contributed by atoms with E-state index in [9.17, 15) is 4.79 Å². The standard InChI is InChI=1S/C9H19NO3S/c1-7(6-11)14-5-4-9(2,10-3)8(12)13/h7,10-11H,4-6H2,1-3H3,(H,12,13). The maximum atomic E-state index is 10.9. The molecule has 14 heavy (non-hydrogen) atoms. The molecular formula is C9H19NO3S. The van der Waals surface area contributed by atoms with Crippen LogP contribution in [0.1, 0.15) is 20.3 Å². The van der Waals surface area contributed by atoms with E-state index < -0.39 is 11.5 Å². The van der Waals surface area contributed by atoms with Crippen molar-refractivity contribution in [2.45, 2.75) is 31.1 Å². The van der Waals surface area contributed by atoms with Crippen LogP contribution in [-0.2, 0) is 4.79 Å². The summed E-state index contributed by atoms with van der Waals surface area (Å²) in [6.07, 6.45) is 0.549. The van der Waals surface area contributed by atoms with E-state index in [1.54, 1.807) is 25.7 Å². The van der Waals surface area contributed by atoms with Crippen molar-refractivity contribution in [3.63, 3.8) is 0 Å². The van der Waals surface area contributed by atoms with Crippen molar-refractivity contribution < 1.29 is 15.0 Å². The van der Waals surface area contributed by atoms with E-state index in [0.29, 0.717) is 6.42 Å². The van der Waals surface area contributed by atoms with E-state index in [0.717, 1.165) is 5.75 Å².